The molecule has 0 aliphatic carbocycles. The molecule has 2 N–H and O–H groups in total. The van der Waals surface area contributed by atoms with Gasteiger partial charge in [0.15, 0.2) is 18.3 Å². The summed E-state index contributed by atoms with van der Waals surface area (Å²) in [7, 11) is 1.55. The van der Waals surface area contributed by atoms with Gasteiger partial charge in [0.25, 0.3) is 0 Å². The Labute approximate surface area is 148 Å². The van der Waals surface area contributed by atoms with Crippen LogP contribution < -0.4 is 15.4 Å². The van der Waals surface area contributed by atoms with Crippen LogP contribution in [0.25, 0.3) is 11.3 Å². The van der Waals surface area contributed by atoms with Gasteiger partial charge in [-0.1, -0.05) is 6.07 Å². The van der Waals surface area contributed by atoms with Gasteiger partial charge in [-0.15, -0.1) is 11.3 Å². The molecule has 0 unspecified atom stereocenters. The average Bonchev–Trinajstić information content (AvgIpc) is 3.34. The maximum atomic E-state index is 9.47. The zero-order valence-corrected chi connectivity index (χ0v) is 14.2. The zero-order valence-electron chi connectivity index (χ0n) is 13.4. The standard InChI is InChI=1S/C17H15N5O2S/c1-23-15-7-12(4-5-14(15)16-9-20-11-24-16)22(10-18)17(19)21-8-13-3-2-6-25-13/h2-7,9,11H,8H2,1H3,(H2,19,21). The van der Waals surface area contributed by atoms with E-state index in [1.54, 1.807) is 42.8 Å². The highest BCUT2D eigenvalue weighted by Gasteiger charge is 2.15. The molecule has 0 spiro atoms. The molecule has 2 heterocycles. The van der Waals surface area contributed by atoms with E-state index in [0.29, 0.717) is 23.7 Å². The second kappa shape index (κ2) is 7.51. The van der Waals surface area contributed by atoms with Crippen molar-refractivity contribution >= 4 is 23.0 Å². The van der Waals surface area contributed by atoms with Crippen LogP contribution in [0.2, 0.25) is 0 Å². The van der Waals surface area contributed by atoms with E-state index in [0.717, 1.165) is 10.4 Å². The molecule has 0 aliphatic heterocycles. The molecule has 7 nitrogen and oxygen atoms in total. The van der Waals surface area contributed by atoms with Gasteiger partial charge in [-0.05, 0) is 23.6 Å². The van der Waals surface area contributed by atoms with Crippen LogP contribution in [0.3, 0.4) is 0 Å². The Balaban J connectivity index is 1.88. The van der Waals surface area contributed by atoms with Gasteiger partial charge in [-0.2, -0.15) is 5.26 Å². The first kappa shape index (κ1) is 16.5. The van der Waals surface area contributed by atoms with Crippen LogP contribution in [0.5, 0.6) is 5.75 Å². The summed E-state index contributed by atoms with van der Waals surface area (Å²) in [6, 6.07) is 9.14. The van der Waals surface area contributed by atoms with Gasteiger partial charge in [0.1, 0.15) is 5.75 Å². The van der Waals surface area contributed by atoms with E-state index >= 15 is 0 Å². The molecule has 126 valence electrons. The number of nitrogens with zero attached hydrogens (tertiary/aromatic N) is 4. The predicted molar refractivity (Wildman–Crippen MR) is 96.2 cm³/mol. The lowest BCUT2D eigenvalue weighted by Crippen LogP contribution is -2.33. The number of methoxy groups -OCH3 is 1. The second-order valence-corrected chi connectivity index (χ2v) is 5.97. The highest BCUT2D eigenvalue weighted by Crippen LogP contribution is 2.33. The van der Waals surface area contributed by atoms with E-state index in [9.17, 15) is 5.26 Å². The van der Waals surface area contributed by atoms with E-state index in [1.165, 1.54) is 11.3 Å². The minimum atomic E-state index is 0.116. The van der Waals surface area contributed by atoms with Gasteiger partial charge in [-0.3, -0.25) is 0 Å². The van der Waals surface area contributed by atoms with Crippen LogP contribution in [0.15, 0.2) is 57.7 Å². The highest BCUT2D eigenvalue weighted by atomic mass is 32.1. The number of thiophene rings is 1. The number of ether oxygens (including phenoxy) is 1. The number of hydrogen-bond donors (Lipinski definition) is 1. The normalized spacial score (nSPS) is 11.1. The summed E-state index contributed by atoms with van der Waals surface area (Å²) in [5, 5.41) is 11.4. The molecule has 1 aromatic carbocycles. The SMILES string of the molecule is COc1cc(N(C#N)/C(N)=N/Cc2cccs2)ccc1-c1cnco1. The number of hydrogen-bond acceptors (Lipinski definition) is 6. The Hall–Kier alpha value is -3.31. The molecule has 0 bridgehead atoms. The van der Waals surface area contributed by atoms with Gasteiger partial charge < -0.3 is 14.9 Å². The highest BCUT2D eigenvalue weighted by molar-refractivity contribution is 7.09. The molecule has 0 fully saturated rings. The number of oxazole rings is 1. The number of aliphatic imine (C=N–C) groups is 1. The van der Waals surface area contributed by atoms with Crippen molar-refractivity contribution in [1.82, 2.24) is 4.98 Å². The van der Waals surface area contributed by atoms with Crippen molar-refractivity contribution in [1.29, 1.82) is 5.26 Å². The zero-order chi connectivity index (χ0) is 17.6. The van der Waals surface area contributed by atoms with E-state index in [1.807, 2.05) is 23.7 Å². The van der Waals surface area contributed by atoms with Gasteiger partial charge >= 0.3 is 0 Å². The number of nitrogens with two attached hydrogens (primary N) is 1. The summed E-state index contributed by atoms with van der Waals surface area (Å²) in [5.41, 5.74) is 7.27. The van der Waals surface area contributed by atoms with Crippen LogP contribution >= 0.6 is 11.3 Å². The Morgan fingerprint density at radius 2 is 2.36 bits per heavy atom. The molecule has 3 rings (SSSR count). The van der Waals surface area contributed by atoms with Crippen molar-refractivity contribution in [3.63, 3.8) is 0 Å². The number of guanidine groups is 1. The lowest BCUT2D eigenvalue weighted by atomic mass is 10.1. The largest absolute Gasteiger partial charge is 0.496 e. The quantitative estimate of drug-likeness (QED) is 0.327. The molecule has 0 amide bonds. The van der Waals surface area contributed by atoms with Gasteiger partial charge in [-0.25, -0.2) is 14.9 Å². The van der Waals surface area contributed by atoms with Crippen molar-refractivity contribution in [2.75, 3.05) is 12.0 Å². The molecule has 2 aromatic heterocycles. The summed E-state index contributed by atoms with van der Waals surface area (Å²) in [6.07, 6.45) is 4.98. The fourth-order valence-corrected chi connectivity index (χ4v) is 2.87. The maximum Gasteiger partial charge on any atom is 0.209 e. The number of aromatic nitrogens is 1. The summed E-state index contributed by atoms with van der Waals surface area (Å²) in [6.45, 7) is 0.426. The fraction of sp³-hybridized carbons (Fsp3) is 0.118. The molecule has 8 heteroatoms. The Bertz CT molecular complexity index is 898. The number of anilines is 1. The first-order chi connectivity index (χ1) is 12.2. The maximum absolute atomic E-state index is 9.47. The Kier molecular flexibility index (Phi) is 4.97. The van der Waals surface area contributed by atoms with Crippen molar-refractivity contribution in [2.24, 2.45) is 10.7 Å². The number of benzene rings is 1. The van der Waals surface area contributed by atoms with E-state index in [4.69, 9.17) is 14.9 Å². The topological polar surface area (TPSA) is 101 Å². The van der Waals surface area contributed by atoms with E-state index in [-0.39, 0.29) is 5.96 Å². The van der Waals surface area contributed by atoms with Crippen LogP contribution in [-0.2, 0) is 6.54 Å². The molecule has 0 radical (unpaired) electrons. The van der Waals surface area contributed by atoms with Crippen molar-refractivity contribution in [3.05, 3.63) is 53.2 Å². The minimum absolute atomic E-state index is 0.116. The van der Waals surface area contributed by atoms with Gasteiger partial charge in [0.2, 0.25) is 5.96 Å². The summed E-state index contributed by atoms with van der Waals surface area (Å²) in [5.74, 6) is 1.23. The lowest BCUT2D eigenvalue weighted by molar-refractivity contribution is 0.415. The van der Waals surface area contributed by atoms with E-state index < -0.39 is 0 Å². The van der Waals surface area contributed by atoms with Crippen LogP contribution in [0.4, 0.5) is 5.69 Å². The lowest BCUT2D eigenvalue weighted by Gasteiger charge is -2.16. The molecule has 0 saturated carbocycles. The van der Waals surface area contributed by atoms with Crippen LogP contribution in [-0.4, -0.2) is 18.1 Å². The van der Waals surface area contributed by atoms with Gasteiger partial charge in [0, 0.05) is 10.9 Å². The molecular formula is C17H15N5O2S. The first-order valence-corrected chi connectivity index (χ1v) is 8.20. The molecule has 0 saturated heterocycles. The predicted octanol–water partition coefficient (Wildman–Crippen LogP) is 3.21. The monoisotopic (exact) mass is 353 g/mol. The Morgan fingerprint density at radius 3 is 3.00 bits per heavy atom. The third kappa shape index (κ3) is 3.62. The smallest absolute Gasteiger partial charge is 0.209 e. The molecular weight excluding hydrogens is 338 g/mol. The number of nitriles is 1. The molecule has 0 aliphatic rings. The van der Waals surface area contributed by atoms with Gasteiger partial charge in [0.05, 0.1) is 31.1 Å². The Morgan fingerprint density at radius 1 is 1.48 bits per heavy atom. The van der Waals surface area contributed by atoms with E-state index in [2.05, 4.69) is 9.98 Å². The fourth-order valence-electron chi connectivity index (χ4n) is 2.24. The third-order valence-corrected chi connectivity index (χ3v) is 4.31. The van der Waals surface area contributed by atoms with Crippen LogP contribution in [0, 0.1) is 11.5 Å². The molecule has 25 heavy (non-hydrogen) atoms. The average molecular weight is 353 g/mol. The van der Waals surface area contributed by atoms with Crippen molar-refractivity contribution < 1.29 is 9.15 Å². The number of rotatable bonds is 5. The molecule has 3 aromatic rings. The molecule has 0 atom stereocenters. The van der Waals surface area contributed by atoms with Crippen molar-refractivity contribution in [3.8, 4) is 23.3 Å². The minimum Gasteiger partial charge on any atom is -0.496 e. The first-order valence-electron chi connectivity index (χ1n) is 7.32. The summed E-state index contributed by atoms with van der Waals surface area (Å²) < 4.78 is 10.7. The van der Waals surface area contributed by atoms with Crippen molar-refractivity contribution in [2.45, 2.75) is 6.54 Å². The third-order valence-electron chi connectivity index (χ3n) is 3.45. The van der Waals surface area contributed by atoms with Crippen LogP contribution in [0.1, 0.15) is 4.88 Å². The summed E-state index contributed by atoms with van der Waals surface area (Å²) in [4.78, 5) is 10.5. The second-order valence-electron chi connectivity index (χ2n) is 4.94. The summed E-state index contributed by atoms with van der Waals surface area (Å²) >= 11 is 1.59.